The van der Waals surface area contributed by atoms with Crippen LogP contribution >= 0.6 is 11.6 Å². The van der Waals surface area contributed by atoms with Crippen molar-refractivity contribution < 1.29 is 4.79 Å². The molecule has 21 heavy (non-hydrogen) atoms. The molecule has 1 saturated carbocycles. The number of hydrogen-bond acceptors (Lipinski definition) is 3. The maximum absolute atomic E-state index is 11.6. The van der Waals surface area contributed by atoms with E-state index in [0.717, 1.165) is 36.6 Å². The van der Waals surface area contributed by atoms with E-state index < -0.39 is 5.91 Å². The minimum absolute atomic E-state index is 0.0800. The Morgan fingerprint density at radius 2 is 2.33 bits per heavy atom. The number of aromatic nitrogens is 2. The Hall–Kier alpha value is -1.59. The number of imidazole rings is 1. The van der Waals surface area contributed by atoms with Gasteiger partial charge >= 0.3 is 0 Å². The van der Waals surface area contributed by atoms with Crippen molar-refractivity contribution in [3.8, 4) is 0 Å². The Balaban J connectivity index is 1.88. The third-order valence-electron chi connectivity index (χ3n) is 4.89. The van der Waals surface area contributed by atoms with Gasteiger partial charge in [-0.15, -0.1) is 0 Å². The fourth-order valence-corrected chi connectivity index (χ4v) is 4.12. The number of amides is 1. The molecule has 2 aromatic rings. The summed E-state index contributed by atoms with van der Waals surface area (Å²) in [5.74, 6) is 1.10. The van der Waals surface area contributed by atoms with Crippen LogP contribution in [0.2, 0.25) is 5.02 Å². The number of rotatable bonds is 2. The SMILES string of the molecule is NC(=O)c1c(Cl)ccc2[nH]c(C34CCCC(CN3)C4)nc12. The van der Waals surface area contributed by atoms with Gasteiger partial charge in [0.15, 0.2) is 0 Å². The molecule has 4 N–H and O–H groups in total. The van der Waals surface area contributed by atoms with Crippen molar-refractivity contribution in [3.63, 3.8) is 0 Å². The zero-order valence-corrected chi connectivity index (χ0v) is 12.3. The first kappa shape index (κ1) is 13.1. The van der Waals surface area contributed by atoms with Crippen LogP contribution in [0.1, 0.15) is 41.9 Å². The maximum Gasteiger partial charge on any atom is 0.252 e. The quantitative estimate of drug-likeness (QED) is 0.796. The number of hydrogen-bond donors (Lipinski definition) is 3. The molecule has 5 nitrogen and oxygen atoms in total. The van der Waals surface area contributed by atoms with Gasteiger partial charge < -0.3 is 16.0 Å². The molecule has 2 atom stereocenters. The van der Waals surface area contributed by atoms with Crippen molar-refractivity contribution in [2.75, 3.05) is 6.54 Å². The zero-order chi connectivity index (χ0) is 14.6. The minimum Gasteiger partial charge on any atom is -0.365 e. The van der Waals surface area contributed by atoms with E-state index >= 15 is 0 Å². The fourth-order valence-electron chi connectivity index (χ4n) is 3.87. The van der Waals surface area contributed by atoms with Gasteiger partial charge in [0.1, 0.15) is 11.3 Å². The van der Waals surface area contributed by atoms with Crippen LogP contribution in [0, 0.1) is 5.92 Å². The Morgan fingerprint density at radius 1 is 1.48 bits per heavy atom. The minimum atomic E-state index is -0.540. The van der Waals surface area contributed by atoms with Gasteiger partial charge in [0.25, 0.3) is 5.91 Å². The van der Waals surface area contributed by atoms with Crippen LogP contribution in [0.25, 0.3) is 11.0 Å². The lowest BCUT2D eigenvalue weighted by Gasteiger charge is -2.30. The van der Waals surface area contributed by atoms with Crippen LogP contribution in [0.4, 0.5) is 0 Å². The third kappa shape index (κ3) is 1.88. The summed E-state index contributed by atoms with van der Waals surface area (Å²) in [4.78, 5) is 19.7. The predicted octanol–water partition coefficient (Wildman–Crippen LogP) is 2.30. The molecule has 6 heteroatoms. The van der Waals surface area contributed by atoms with E-state index in [2.05, 4.69) is 15.3 Å². The fraction of sp³-hybridized carbons (Fsp3) is 0.467. The monoisotopic (exact) mass is 304 g/mol. The maximum atomic E-state index is 11.6. The summed E-state index contributed by atoms with van der Waals surface area (Å²) in [7, 11) is 0. The molecule has 2 aliphatic rings. The Kier molecular flexibility index (Phi) is 2.78. The van der Waals surface area contributed by atoms with Gasteiger partial charge in [-0.05, 0) is 43.9 Å². The largest absolute Gasteiger partial charge is 0.365 e. The molecule has 2 heterocycles. The number of nitrogens with two attached hydrogens (primary N) is 1. The molecule has 4 rings (SSSR count). The molecular formula is C15H17ClN4O. The van der Waals surface area contributed by atoms with Crippen molar-refractivity contribution in [1.29, 1.82) is 0 Å². The number of halogens is 1. The number of fused-ring (bicyclic) bond motifs is 3. The average Bonchev–Trinajstić information content (AvgIpc) is 3.00. The van der Waals surface area contributed by atoms with E-state index in [1.807, 2.05) is 6.07 Å². The van der Waals surface area contributed by atoms with Gasteiger partial charge in [-0.25, -0.2) is 4.98 Å². The van der Waals surface area contributed by atoms with E-state index in [4.69, 9.17) is 17.3 Å². The van der Waals surface area contributed by atoms with Gasteiger partial charge in [0.2, 0.25) is 0 Å². The third-order valence-corrected chi connectivity index (χ3v) is 5.20. The standard InChI is InChI=1S/C15H17ClN4O/c16-9-3-4-10-12(11(9)13(17)21)20-14(19-10)15-5-1-2-8(6-15)7-18-15/h3-4,8,18H,1-2,5-7H2,(H2,17,21)(H,19,20). The van der Waals surface area contributed by atoms with Gasteiger partial charge in [-0.1, -0.05) is 18.0 Å². The second-order valence-corrected chi connectivity index (χ2v) is 6.60. The van der Waals surface area contributed by atoms with Gasteiger partial charge in [0, 0.05) is 0 Å². The number of benzene rings is 1. The molecule has 1 aromatic heterocycles. The molecule has 0 spiro atoms. The number of H-pyrrole nitrogens is 1. The lowest BCUT2D eigenvalue weighted by molar-refractivity contribution is 0.100. The lowest BCUT2D eigenvalue weighted by atomic mass is 9.80. The molecule has 1 aromatic carbocycles. The Labute approximate surface area is 127 Å². The summed E-state index contributed by atoms with van der Waals surface area (Å²) in [5.41, 5.74) is 7.07. The van der Waals surface area contributed by atoms with Crippen LogP contribution in [-0.4, -0.2) is 22.4 Å². The van der Waals surface area contributed by atoms with Gasteiger partial charge in [0.05, 0.1) is 21.6 Å². The second-order valence-electron chi connectivity index (χ2n) is 6.19. The normalized spacial score (nSPS) is 28.1. The number of nitrogens with one attached hydrogen (secondary N) is 2. The van der Waals surface area contributed by atoms with Crippen molar-refractivity contribution in [1.82, 2.24) is 15.3 Å². The number of carbonyl (C=O) groups excluding carboxylic acids is 1. The summed E-state index contributed by atoms with van der Waals surface area (Å²) >= 11 is 6.10. The summed E-state index contributed by atoms with van der Waals surface area (Å²) in [6.45, 7) is 1.04. The highest BCUT2D eigenvalue weighted by molar-refractivity contribution is 6.35. The van der Waals surface area contributed by atoms with E-state index in [1.165, 1.54) is 12.8 Å². The molecule has 1 saturated heterocycles. The zero-order valence-electron chi connectivity index (χ0n) is 11.6. The van der Waals surface area contributed by atoms with Gasteiger partial charge in [-0.2, -0.15) is 0 Å². The highest BCUT2D eigenvalue weighted by atomic mass is 35.5. The molecule has 0 radical (unpaired) electrons. The molecule has 2 unspecified atom stereocenters. The van der Waals surface area contributed by atoms with Crippen molar-refractivity contribution in [2.24, 2.45) is 11.7 Å². The van der Waals surface area contributed by atoms with Crippen molar-refractivity contribution >= 4 is 28.5 Å². The predicted molar refractivity (Wildman–Crippen MR) is 81.3 cm³/mol. The number of primary amides is 1. The molecule has 1 aliphatic heterocycles. The molecule has 2 bridgehead atoms. The Morgan fingerprint density at radius 3 is 3.14 bits per heavy atom. The molecule has 1 aliphatic carbocycles. The first-order valence-electron chi connectivity index (χ1n) is 7.33. The van der Waals surface area contributed by atoms with Crippen LogP contribution in [0.3, 0.4) is 0 Å². The van der Waals surface area contributed by atoms with E-state index in [9.17, 15) is 4.79 Å². The average molecular weight is 305 g/mol. The summed E-state index contributed by atoms with van der Waals surface area (Å²) in [5, 5.41) is 3.98. The molecular weight excluding hydrogens is 288 g/mol. The molecule has 110 valence electrons. The van der Waals surface area contributed by atoms with Crippen LogP contribution in [-0.2, 0) is 5.54 Å². The first-order chi connectivity index (χ1) is 10.1. The molecule has 1 amide bonds. The summed E-state index contributed by atoms with van der Waals surface area (Å²) in [6, 6.07) is 3.54. The van der Waals surface area contributed by atoms with Crippen molar-refractivity contribution in [2.45, 2.75) is 31.2 Å². The number of carbonyl (C=O) groups is 1. The van der Waals surface area contributed by atoms with E-state index in [0.29, 0.717) is 16.1 Å². The highest BCUT2D eigenvalue weighted by Gasteiger charge is 2.45. The highest BCUT2D eigenvalue weighted by Crippen LogP contribution is 2.43. The molecule has 2 fully saturated rings. The van der Waals surface area contributed by atoms with E-state index in [1.54, 1.807) is 6.07 Å². The topological polar surface area (TPSA) is 83.8 Å². The number of nitrogens with zero attached hydrogens (tertiary/aromatic N) is 1. The van der Waals surface area contributed by atoms with Crippen molar-refractivity contribution in [3.05, 3.63) is 28.5 Å². The van der Waals surface area contributed by atoms with Crippen LogP contribution in [0.5, 0.6) is 0 Å². The lowest BCUT2D eigenvalue weighted by Crippen LogP contribution is -2.38. The Bertz CT molecular complexity index is 737. The smallest absolute Gasteiger partial charge is 0.252 e. The van der Waals surface area contributed by atoms with Gasteiger partial charge in [-0.3, -0.25) is 4.79 Å². The number of aromatic amines is 1. The summed E-state index contributed by atoms with van der Waals surface area (Å²) < 4.78 is 0. The second kappa shape index (κ2) is 4.45. The van der Waals surface area contributed by atoms with Crippen LogP contribution in [0.15, 0.2) is 12.1 Å². The summed E-state index contributed by atoms with van der Waals surface area (Å²) in [6.07, 6.45) is 4.67. The van der Waals surface area contributed by atoms with E-state index in [-0.39, 0.29) is 5.54 Å². The van der Waals surface area contributed by atoms with Crippen LogP contribution < -0.4 is 11.1 Å². The first-order valence-corrected chi connectivity index (χ1v) is 7.70.